The molecule has 21 heavy (non-hydrogen) atoms. The van der Waals surface area contributed by atoms with Crippen LogP contribution in [-0.2, 0) is 14.3 Å². The van der Waals surface area contributed by atoms with E-state index in [2.05, 4.69) is 5.32 Å². The second kappa shape index (κ2) is 9.13. The van der Waals surface area contributed by atoms with Crippen molar-refractivity contribution < 1.29 is 18.7 Å². The number of furan rings is 1. The van der Waals surface area contributed by atoms with E-state index in [1.165, 1.54) is 13.2 Å². The molecule has 0 saturated carbocycles. The molecule has 116 valence electrons. The number of allylic oxidation sites excluding steroid dienone is 1. The maximum absolute atomic E-state index is 11.7. The lowest BCUT2D eigenvalue weighted by molar-refractivity contribution is -0.144. The predicted molar refractivity (Wildman–Crippen MR) is 80.6 cm³/mol. The van der Waals surface area contributed by atoms with Gasteiger partial charge in [0.15, 0.2) is 5.78 Å². The van der Waals surface area contributed by atoms with Crippen molar-refractivity contribution in [3.8, 4) is 0 Å². The van der Waals surface area contributed by atoms with Gasteiger partial charge in [0, 0.05) is 13.0 Å². The lowest BCUT2D eigenvalue weighted by Gasteiger charge is -2.21. The molecule has 0 radical (unpaired) electrons. The smallest absolute Gasteiger partial charge is 0.323 e. The number of esters is 1. The average Bonchev–Trinajstić information content (AvgIpc) is 3.01. The summed E-state index contributed by atoms with van der Waals surface area (Å²) >= 11 is 0. The highest BCUT2D eigenvalue weighted by Gasteiger charge is 2.23. The number of ether oxygens (including phenoxy) is 1. The summed E-state index contributed by atoms with van der Waals surface area (Å²) < 4.78 is 9.88. The van der Waals surface area contributed by atoms with Crippen molar-refractivity contribution >= 4 is 17.8 Å². The Labute approximate surface area is 125 Å². The summed E-state index contributed by atoms with van der Waals surface area (Å²) in [5, 5.41) is 3.09. The van der Waals surface area contributed by atoms with Gasteiger partial charge in [-0.1, -0.05) is 20.3 Å². The predicted octanol–water partition coefficient (Wildman–Crippen LogP) is 2.43. The molecule has 2 atom stereocenters. The summed E-state index contributed by atoms with van der Waals surface area (Å²) in [6.07, 6.45) is 5.85. The number of nitrogens with one attached hydrogen (secondary N) is 1. The molecular formula is C16H23NO4. The summed E-state index contributed by atoms with van der Waals surface area (Å²) in [4.78, 5) is 23.4. The highest BCUT2D eigenvalue weighted by atomic mass is 16.5. The first-order chi connectivity index (χ1) is 10.1. The molecule has 1 rings (SSSR count). The molecule has 0 fully saturated rings. The Morgan fingerprint density at radius 3 is 2.81 bits per heavy atom. The number of carbonyl (C=O) groups is 2. The summed E-state index contributed by atoms with van der Waals surface area (Å²) in [5.74, 6) is 0.490. The van der Waals surface area contributed by atoms with E-state index in [-0.39, 0.29) is 23.7 Å². The van der Waals surface area contributed by atoms with Crippen LogP contribution in [0.25, 0.3) is 6.08 Å². The fourth-order valence-corrected chi connectivity index (χ4v) is 1.87. The minimum absolute atomic E-state index is 0.0216. The van der Waals surface area contributed by atoms with Gasteiger partial charge in [-0.05, 0) is 30.2 Å². The van der Waals surface area contributed by atoms with Gasteiger partial charge >= 0.3 is 5.97 Å². The molecule has 0 saturated heterocycles. The first kappa shape index (κ1) is 17.2. The molecule has 0 spiro atoms. The zero-order valence-electron chi connectivity index (χ0n) is 12.8. The largest absolute Gasteiger partial charge is 0.468 e. The van der Waals surface area contributed by atoms with Crippen molar-refractivity contribution in [1.29, 1.82) is 0 Å². The fourth-order valence-electron chi connectivity index (χ4n) is 1.87. The Hall–Kier alpha value is -1.88. The minimum atomic E-state index is -0.373. The number of rotatable bonds is 9. The Morgan fingerprint density at radius 1 is 1.48 bits per heavy atom. The summed E-state index contributed by atoms with van der Waals surface area (Å²) in [7, 11) is 1.37. The molecule has 0 aliphatic rings. The van der Waals surface area contributed by atoms with Crippen LogP contribution in [0.3, 0.4) is 0 Å². The van der Waals surface area contributed by atoms with Gasteiger partial charge in [-0.3, -0.25) is 9.59 Å². The van der Waals surface area contributed by atoms with Crippen molar-refractivity contribution in [3.63, 3.8) is 0 Å². The molecule has 1 heterocycles. The SMILES string of the molecule is CCC(C)[C@H](NCCC(=O)/C=C/c1ccco1)C(=O)OC. The van der Waals surface area contributed by atoms with Crippen molar-refractivity contribution in [3.05, 3.63) is 30.2 Å². The molecule has 1 aromatic heterocycles. The van der Waals surface area contributed by atoms with Crippen LogP contribution in [0.15, 0.2) is 28.9 Å². The molecular weight excluding hydrogens is 270 g/mol. The van der Waals surface area contributed by atoms with E-state index in [1.54, 1.807) is 24.5 Å². The van der Waals surface area contributed by atoms with Crippen LogP contribution in [0.4, 0.5) is 0 Å². The van der Waals surface area contributed by atoms with Gasteiger partial charge < -0.3 is 14.5 Å². The number of hydrogen-bond donors (Lipinski definition) is 1. The molecule has 1 N–H and O–H groups in total. The fraction of sp³-hybridized carbons (Fsp3) is 0.500. The van der Waals surface area contributed by atoms with Gasteiger partial charge in [0.1, 0.15) is 11.8 Å². The quantitative estimate of drug-likeness (QED) is 0.559. The van der Waals surface area contributed by atoms with Crippen LogP contribution in [0.1, 0.15) is 32.4 Å². The van der Waals surface area contributed by atoms with E-state index >= 15 is 0 Å². The van der Waals surface area contributed by atoms with Gasteiger partial charge in [0.25, 0.3) is 0 Å². The van der Waals surface area contributed by atoms with Gasteiger partial charge in [-0.25, -0.2) is 0 Å². The third-order valence-corrected chi connectivity index (χ3v) is 3.38. The zero-order valence-corrected chi connectivity index (χ0v) is 12.8. The van der Waals surface area contributed by atoms with Crippen molar-refractivity contribution in [2.75, 3.05) is 13.7 Å². The normalized spacial score (nSPS) is 14.0. The van der Waals surface area contributed by atoms with E-state index < -0.39 is 0 Å². The van der Waals surface area contributed by atoms with Crippen LogP contribution in [-0.4, -0.2) is 31.4 Å². The summed E-state index contributed by atoms with van der Waals surface area (Å²) in [5.41, 5.74) is 0. The molecule has 0 amide bonds. The molecule has 0 aromatic carbocycles. The van der Waals surface area contributed by atoms with E-state index in [9.17, 15) is 9.59 Å². The first-order valence-corrected chi connectivity index (χ1v) is 7.14. The number of hydrogen-bond acceptors (Lipinski definition) is 5. The summed E-state index contributed by atoms with van der Waals surface area (Å²) in [6, 6.07) is 3.17. The minimum Gasteiger partial charge on any atom is -0.468 e. The lowest BCUT2D eigenvalue weighted by Crippen LogP contribution is -2.43. The van der Waals surface area contributed by atoms with E-state index in [0.29, 0.717) is 18.7 Å². The topological polar surface area (TPSA) is 68.5 Å². The third-order valence-electron chi connectivity index (χ3n) is 3.38. The van der Waals surface area contributed by atoms with Crippen LogP contribution >= 0.6 is 0 Å². The van der Waals surface area contributed by atoms with Crippen LogP contribution in [0, 0.1) is 5.92 Å². The van der Waals surface area contributed by atoms with Gasteiger partial charge in [-0.2, -0.15) is 0 Å². The third kappa shape index (κ3) is 5.95. The monoisotopic (exact) mass is 293 g/mol. The number of ketones is 1. The number of carbonyl (C=O) groups excluding carboxylic acids is 2. The zero-order chi connectivity index (χ0) is 15.7. The van der Waals surface area contributed by atoms with Crippen LogP contribution < -0.4 is 5.32 Å². The molecule has 0 aliphatic carbocycles. The molecule has 0 aliphatic heterocycles. The maximum Gasteiger partial charge on any atom is 0.323 e. The summed E-state index contributed by atoms with van der Waals surface area (Å²) in [6.45, 7) is 4.43. The average molecular weight is 293 g/mol. The van der Waals surface area contributed by atoms with Crippen molar-refractivity contribution in [1.82, 2.24) is 5.32 Å². The molecule has 5 heteroatoms. The highest BCUT2D eigenvalue weighted by Crippen LogP contribution is 2.09. The number of methoxy groups -OCH3 is 1. The van der Waals surface area contributed by atoms with Crippen molar-refractivity contribution in [2.45, 2.75) is 32.7 Å². The molecule has 5 nitrogen and oxygen atoms in total. The van der Waals surface area contributed by atoms with E-state index in [0.717, 1.165) is 6.42 Å². The Morgan fingerprint density at radius 2 is 2.24 bits per heavy atom. The van der Waals surface area contributed by atoms with Crippen LogP contribution in [0.2, 0.25) is 0 Å². The Balaban J connectivity index is 2.39. The first-order valence-electron chi connectivity index (χ1n) is 7.14. The maximum atomic E-state index is 11.7. The van der Waals surface area contributed by atoms with Gasteiger partial charge in [-0.15, -0.1) is 0 Å². The second-order valence-corrected chi connectivity index (χ2v) is 4.91. The standard InChI is InChI=1S/C16H23NO4/c1-4-12(2)15(16(19)20-3)17-10-9-13(18)7-8-14-6-5-11-21-14/h5-8,11-12,15,17H,4,9-10H2,1-3H3/b8-7+/t12?,15-/m0/s1. The van der Waals surface area contributed by atoms with Gasteiger partial charge in [0.05, 0.1) is 13.4 Å². The Kier molecular flexibility index (Phi) is 7.46. The van der Waals surface area contributed by atoms with E-state index in [1.807, 2.05) is 13.8 Å². The molecule has 0 bridgehead atoms. The molecule has 1 unspecified atom stereocenters. The second-order valence-electron chi connectivity index (χ2n) is 4.91. The van der Waals surface area contributed by atoms with Crippen molar-refractivity contribution in [2.24, 2.45) is 5.92 Å². The van der Waals surface area contributed by atoms with Gasteiger partial charge in [0.2, 0.25) is 0 Å². The Bertz CT molecular complexity index is 465. The van der Waals surface area contributed by atoms with Crippen LogP contribution in [0.5, 0.6) is 0 Å². The molecule has 1 aromatic rings. The highest BCUT2D eigenvalue weighted by molar-refractivity contribution is 5.93. The van der Waals surface area contributed by atoms with E-state index in [4.69, 9.17) is 9.15 Å². The lowest BCUT2D eigenvalue weighted by atomic mass is 9.99.